The lowest BCUT2D eigenvalue weighted by Gasteiger charge is -2.20. The van der Waals surface area contributed by atoms with E-state index in [2.05, 4.69) is 13.8 Å². The molecule has 0 heterocycles. The molecule has 38 heavy (non-hydrogen) atoms. The van der Waals surface area contributed by atoms with Crippen molar-refractivity contribution in [2.45, 2.75) is 135 Å². The van der Waals surface area contributed by atoms with E-state index in [-0.39, 0.29) is 12.8 Å². The average Bonchev–Trinajstić information content (AvgIpc) is 2.89. The molecular weight excluding hydrogens is 515 g/mol. The number of hydrogen-bond acceptors (Lipinski definition) is 9. The third-order valence-corrected chi connectivity index (χ3v) is 7.02. The van der Waals surface area contributed by atoms with Gasteiger partial charge in [-0.1, -0.05) is 97.3 Å². The normalized spacial score (nSPS) is 14.6. The number of unbranched alkanes of at least 4 members (excludes halogenated alkanes) is 13. The first-order valence-corrected chi connectivity index (χ1v) is 16.0. The van der Waals surface area contributed by atoms with Crippen molar-refractivity contribution in [1.82, 2.24) is 0 Å². The lowest BCUT2D eigenvalue weighted by atomic mass is 10.1. The highest BCUT2D eigenvalue weighted by Gasteiger charge is 2.27. The highest BCUT2D eigenvalue weighted by Crippen LogP contribution is 2.43. The Labute approximate surface area is 229 Å². The largest absolute Gasteiger partial charge is 0.472 e. The average molecular weight is 569 g/mol. The molecular formula is C27H53O10P. The monoisotopic (exact) mass is 568 g/mol. The number of carbonyl (C=O) groups is 2. The predicted octanol–water partition coefficient (Wildman–Crippen LogP) is 5.60. The Morgan fingerprint density at radius 1 is 0.605 bits per heavy atom. The highest BCUT2D eigenvalue weighted by molar-refractivity contribution is 7.47. The molecule has 0 spiro atoms. The molecule has 0 aliphatic heterocycles. The van der Waals surface area contributed by atoms with Crippen LogP contribution < -0.4 is 0 Å². The summed E-state index contributed by atoms with van der Waals surface area (Å²) in [5, 5.41) is 18.8. The van der Waals surface area contributed by atoms with Gasteiger partial charge in [0.15, 0.2) is 0 Å². The number of phosphoric ester groups is 1. The van der Waals surface area contributed by atoms with E-state index in [0.717, 1.165) is 44.9 Å². The Kier molecular flexibility index (Phi) is 24.3. The van der Waals surface area contributed by atoms with Crippen molar-refractivity contribution in [2.24, 2.45) is 0 Å². The second-order valence-corrected chi connectivity index (χ2v) is 11.2. The summed E-state index contributed by atoms with van der Waals surface area (Å²) < 4.78 is 32.0. The first-order chi connectivity index (χ1) is 18.3. The van der Waals surface area contributed by atoms with Gasteiger partial charge >= 0.3 is 19.8 Å². The van der Waals surface area contributed by atoms with E-state index in [1.165, 1.54) is 38.5 Å². The molecule has 0 saturated carbocycles. The van der Waals surface area contributed by atoms with Gasteiger partial charge in [0.25, 0.3) is 0 Å². The Bertz CT molecular complexity index is 631. The van der Waals surface area contributed by atoms with Crippen molar-refractivity contribution in [3.05, 3.63) is 0 Å². The molecule has 11 heteroatoms. The zero-order valence-corrected chi connectivity index (χ0v) is 24.5. The SMILES string of the molecule is CCCCCCCCCCCC(=O)OC(CO)COP(=O)(O)OCC(CO)OC(=O)CCCCCCCC. The van der Waals surface area contributed by atoms with Gasteiger partial charge in [-0.2, -0.15) is 0 Å². The number of rotatable bonds is 27. The minimum absolute atomic E-state index is 0.193. The van der Waals surface area contributed by atoms with Gasteiger partial charge in [-0.05, 0) is 12.8 Å². The number of ether oxygens (including phenoxy) is 2. The van der Waals surface area contributed by atoms with Crippen LogP contribution in [-0.2, 0) is 32.7 Å². The van der Waals surface area contributed by atoms with E-state index in [1.807, 2.05) is 0 Å². The van der Waals surface area contributed by atoms with Crippen molar-refractivity contribution < 1.29 is 47.8 Å². The topological polar surface area (TPSA) is 149 Å². The van der Waals surface area contributed by atoms with Gasteiger partial charge in [-0.3, -0.25) is 18.6 Å². The molecule has 0 aromatic heterocycles. The molecule has 3 N–H and O–H groups in total. The van der Waals surface area contributed by atoms with Crippen LogP contribution in [0.4, 0.5) is 0 Å². The van der Waals surface area contributed by atoms with Gasteiger partial charge in [0.2, 0.25) is 0 Å². The van der Waals surface area contributed by atoms with Gasteiger partial charge < -0.3 is 24.6 Å². The summed E-state index contributed by atoms with van der Waals surface area (Å²) in [5.41, 5.74) is 0. The molecule has 0 rings (SSSR count). The van der Waals surface area contributed by atoms with E-state index >= 15 is 0 Å². The first-order valence-electron chi connectivity index (χ1n) is 14.5. The second-order valence-electron chi connectivity index (χ2n) is 9.75. The Hall–Kier alpha value is -1.03. The fourth-order valence-electron chi connectivity index (χ4n) is 3.76. The maximum atomic E-state index is 12.1. The molecule has 0 fully saturated rings. The van der Waals surface area contributed by atoms with Gasteiger partial charge in [0, 0.05) is 12.8 Å². The predicted molar refractivity (Wildman–Crippen MR) is 145 cm³/mol. The molecule has 0 aromatic carbocycles. The van der Waals surface area contributed by atoms with Crippen molar-refractivity contribution in [1.29, 1.82) is 0 Å². The number of aliphatic hydroxyl groups is 2. The first kappa shape index (κ1) is 37.0. The summed E-state index contributed by atoms with van der Waals surface area (Å²) in [6.07, 6.45) is 14.2. The molecule has 226 valence electrons. The molecule has 0 radical (unpaired) electrons. The molecule has 0 aliphatic carbocycles. The summed E-state index contributed by atoms with van der Waals surface area (Å²) in [7, 11) is -4.60. The number of esters is 2. The zero-order chi connectivity index (χ0) is 28.5. The lowest BCUT2D eigenvalue weighted by Crippen LogP contribution is -2.28. The summed E-state index contributed by atoms with van der Waals surface area (Å²) in [6, 6.07) is 0. The summed E-state index contributed by atoms with van der Waals surface area (Å²) in [5.74, 6) is -1.03. The lowest BCUT2D eigenvalue weighted by molar-refractivity contribution is -0.153. The molecule has 10 nitrogen and oxygen atoms in total. The molecule has 0 aliphatic rings. The van der Waals surface area contributed by atoms with E-state index < -0.39 is 58.4 Å². The third-order valence-electron chi connectivity index (χ3n) is 6.07. The summed E-state index contributed by atoms with van der Waals surface area (Å²) in [4.78, 5) is 33.8. The van der Waals surface area contributed by atoms with E-state index in [0.29, 0.717) is 12.8 Å². The van der Waals surface area contributed by atoms with Crippen LogP contribution in [0.2, 0.25) is 0 Å². The van der Waals surface area contributed by atoms with Crippen LogP contribution in [0.1, 0.15) is 123 Å². The summed E-state index contributed by atoms with van der Waals surface area (Å²) >= 11 is 0. The van der Waals surface area contributed by atoms with Crippen LogP contribution in [-0.4, -0.2) is 65.7 Å². The summed E-state index contributed by atoms with van der Waals surface area (Å²) in [6.45, 7) is 2.06. The van der Waals surface area contributed by atoms with Gasteiger partial charge in [0.1, 0.15) is 12.2 Å². The maximum absolute atomic E-state index is 12.1. The minimum Gasteiger partial charge on any atom is -0.457 e. The Balaban J connectivity index is 4.12. The van der Waals surface area contributed by atoms with Gasteiger partial charge in [-0.25, -0.2) is 4.57 Å². The smallest absolute Gasteiger partial charge is 0.457 e. The van der Waals surface area contributed by atoms with Crippen LogP contribution in [0.25, 0.3) is 0 Å². The zero-order valence-electron chi connectivity index (χ0n) is 23.7. The number of carbonyl (C=O) groups excluding carboxylic acids is 2. The minimum atomic E-state index is -4.60. The Morgan fingerprint density at radius 2 is 0.921 bits per heavy atom. The van der Waals surface area contributed by atoms with E-state index in [1.54, 1.807) is 0 Å². The van der Waals surface area contributed by atoms with Crippen molar-refractivity contribution in [3.63, 3.8) is 0 Å². The van der Waals surface area contributed by atoms with Crippen LogP contribution in [0.3, 0.4) is 0 Å². The fourth-order valence-corrected chi connectivity index (χ4v) is 4.54. The van der Waals surface area contributed by atoms with E-state index in [4.69, 9.17) is 18.5 Å². The van der Waals surface area contributed by atoms with Crippen LogP contribution in [0, 0.1) is 0 Å². The highest BCUT2D eigenvalue weighted by atomic mass is 31.2. The fraction of sp³-hybridized carbons (Fsp3) is 0.926. The van der Waals surface area contributed by atoms with Crippen molar-refractivity contribution >= 4 is 19.8 Å². The maximum Gasteiger partial charge on any atom is 0.472 e. The van der Waals surface area contributed by atoms with Crippen molar-refractivity contribution in [2.75, 3.05) is 26.4 Å². The molecule has 3 unspecified atom stereocenters. The number of phosphoric acid groups is 1. The van der Waals surface area contributed by atoms with Gasteiger partial charge in [-0.15, -0.1) is 0 Å². The van der Waals surface area contributed by atoms with Crippen LogP contribution >= 0.6 is 7.82 Å². The molecule has 0 aromatic rings. The van der Waals surface area contributed by atoms with Crippen molar-refractivity contribution in [3.8, 4) is 0 Å². The second kappa shape index (κ2) is 25.0. The van der Waals surface area contributed by atoms with Crippen LogP contribution in [0.15, 0.2) is 0 Å². The molecule has 3 atom stereocenters. The molecule has 0 amide bonds. The third kappa shape index (κ3) is 22.9. The number of hydrogen-bond donors (Lipinski definition) is 3. The molecule has 0 bridgehead atoms. The number of aliphatic hydroxyl groups excluding tert-OH is 2. The van der Waals surface area contributed by atoms with Crippen LogP contribution in [0.5, 0.6) is 0 Å². The van der Waals surface area contributed by atoms with Gasteiger partial charge in [0.05, 0.1) is 26.4 Å². The molecule has 0 saturated heterocycles. The quantitative estimate of drug-likeness (QED) is 0.0649. The Morgan fingerprint density at radius 3 is 1.24 bits per heavy atom. The van der Waals surface area contributed by atoms with E-state index in [9.17, 15) is 29.3 Å². The standard InChI is InChI=1S/C27H53O10P/c1-3-5-7-9-11-12-13-15-17-19-27(31)37-25(21-29)23-35-38(32,33)34-22-24(20-28)36-26(30)18-16-14-10-8-6-4-2/h24-25,28-29H,3-23H2,1-2H3,(H,32,33).